The van der Waals surface area contributed by atoms with Crippen molar-refractivity contribution in [1.29, 1.82) is 0 Å². The van der Waals surface area contributed by atoms with Crippen molar-refractivity contribution in [2.45, 2.75) is 37.8 Å². The minimum atomic E-state index is -4.20. The third-order valence-corrected chi connectivity index (χ3v) is 8.32. The zero-order chi connectivity index (χ0) is 29.3. The molecule has 0 aliphatic rings. The van der Waals surface area contributed by atoms with E-state index in [9.17, 15) is 18.0 Å². The summed E-state index contributed by atoms with van der Waals surface area (Å²) in [5.74, 6) is 0.0280. The first-order valence-electron chi connectivity index (χ1n) is 12.7. The van der Waals surface area contributed by atoms with E-state index in [4.69, 9.17) is 21.1 Å². The van der Waals surface area contributed by atoms with E-state index in [1.165, 1.54) is 49.5 Å². The zero-order valence-electron chi connectivity index (χ0n) is 23.0. The zero-order valence-corrected chi connectivity index (χ0v) is 24.5. The smallest absolute Gasteiger partial charge is 0.264 e. The molecule has 40 heavy (non-hydrogen) atoms. The number of sulfonamides is 1. The fourth-order valence-corrected chi connectivity index (χ4v) is 5.68. The van der Waals surface area contributed by atoms with E-state index in [0.717, 1.165) is 10.7 Å². The van der Waals surface area contributed by atoms with Gasteiger partial charge in [0.05, 0.1) is 29.8 Å². The highest BCUT2D eigenvalue weighted by Crippen LogP contribution is 2.32. The fraction of sp³-hybridized carbons (Fsp3) is 0.310. The predicted octanol–water partition coefficient (Wildman–Crippen LogP) is 4.50. The molecule has 3 aromatic carbocycles. The second-order valence-electron chi connectivity index (χ2n) is 8.98. The molecule has 0 saturated heterocycles. The Morgan fingerprint density at radius 3 is 2.33 bits per heavy atom. The maximum Gasteiger partial charge on any atom is 0.264 e. The number of amides is 2. The average molecular weight is 588 g/mol. The standard InChI is InChI=1S/C29H34ClN3O6S/c1-5-16-31-29(35)21(2)32(19-22-10-9-11-24(17-22)38-3)28(34)20-33(23-14-15-27(39-4)26(30)18-23)40(36,37)25-12-7-6-8-13-25/h6-15,17-18,21H,5,16,19-20H2,1-4H3,(H,31,35)/t21-/m1/s1. The van der Waals surface area contributed by atoms with Gasteiger partial charge in [-0.15, -0.1) is 0 Å². The monoisotopic (exact) mass is 587 g/mol. The van der Waals surface area contributed by atoms with Crippen molar-refractivity contribution < 1.29 is 27.5 Å². The second-order valence-corrected chi connectivity index (χ2v) is 11.3. The maximum absolute atomic E-state index is 13.9. The third-order valence-electron chi connectivity index (χ3n) is 6.24. The molecule has 11 heteroatoms. The van der Waals surface area contributed by atoms with Gasteiger partial charge in [-0.05, 0) is 61.4 Å². The minimum Gasteiger partial charge on any atom is -0.497 e. The summed E-state index contributed by atoms with van der Waals surface area (Å²) in [5, 5.41) is 3.00. The minimum absolute atomic E-state index is 0.00261. The van der Waals surface area contributed by atoms with Gasteiger partial charge in [0.25, 0.3) is 10.0 Å². The predicted molar refractivity (Wildman–Crippen MR) is 155 cm³/mol. The highest BCUT2D eigenvalue weighted by Gasteiger charge is 2.32. The summed E-state index contributed by atoms with van der Waals surface area (Å²) in [7, 11) is -1.21. The highest BCUT2D eigenvalue weighted by molar-refractivity contribution is 7.92. The Morgan fingerprint density at radius 2 is 1.70 bits per heavy atom. The molecule has 0 fully saturated rings. The lowest BCUT2D eigenvalue weighted by Gasteiger charge is -2.32. The molecule has 0 heterocycles. The molecule has 2 amide bonds. The molecule has 0 aliphatic carbocycles. The molecule has 3 rings (SSSR count). The van der Waals surface area contributed by atoms with Gasteiger partial charge in [0.1, 0.15) is 24.1 Å². The Hall–Kier alpha value is -3.76. The SMILES string of the molecule is CCCNC(=O)[C@@H](C)N(Cc1cccc(OC)c1)C(=O)CN(c1ccc(OC)c(Cl)c1)S(=O)(=O)c1ccccc1. The van der Waals surface area contributed by atoms with Crippen LogP contribution in [0.1, 0.15) is 25.8 Å². The van der Waals surface area contributed by atoms with Crippen molar-refractivity contribution in [3.8, 4) is 11.5 Å². The number of ether oxygens (including phenoxy) is 2. The number of nitrogens with zero attached hydrogens (tertiary/aromatic N) is 2. The molecule has 0 aromatic heterocycles. The summed E-state index contributed by atoms with van der Waals surface area (Å²) >= 11 is 6.34. The lowest BCUT2D eigenvalue weighted by molar-refractivity contribution is -0.139. The first-order valence-corrected chi connectivity index (χ1v) is 14.6. The van der Waals surface area contributed by atoms with Gasteiger partial charge < -0.3 is 19.7 Å². The largest absolute Gasteiger partial charge is 0.497 e. The third kappa shape index (κ3) is 7.45. The molecule has 1 N–H and O–H groups in total. The summed E-state index contributed by atoms with van der Waals surface area (Å²) in [6, 6.07) is 18.5. The Labute approximate surface area is 240 Å². The van der Waals surface area contributed by atoms with Crippen molar-refractivity contribution in [3.05, 3.63) is 83.4 Å². The van der Waals surface area contributed by atoms with Gasteiger partial charge in [0, 0.05) is 13.1 Å². The number of anilines is 1. The molecular weight excluding hydrogens is 554 g/mol. The van der Waals surface area contributed by atoms with Crippen LogP contribution in [0.25, 0.3) is 0 Å². The quantitative estimate of drug-likeness (QED) is 0.316. The van der Waals surface area contributed by atoms with Crippen LogP contribution in [-0.4, -0.2) is 58.5 Å². The Bertz CT molecular complexity index is 1420. The van der Waals surface area contributed by atoms with E-state index in [1.54, 1.807) is 49.4 Å². The van der Waals surface area contributed by atoms with E-state index in [-0.39, 0.29) is 28.1 Å². The normalized spacial score (nSPS) is 11.8. The lowest BCUT2D eigenvalue weighted by atomic mass is 10.1. The number of hydrogen-bond donors (Lipinski definition) is 1. The summed E-state index contributed by atoms with van der Waals surface area (Å²) in [6.07, 6.45) is 0.726. The van der Waals surface area contributed by atoms with Crippen LogP contribution in [0, 0.1) is 0 Å². The average Bonchev–Trinajstić information content (AvgIpc) is 2.97. The van der Waals surface area contributed by atoms with Crippen molar-refractivity contribution in [2.75, 3.05) is 31.6 Å². The summed E-state index contributed by atoms with van der Waals surface area (Å²) in [5.41, 5.74) is 0.889. The Balaban J connectivity index is 2.05. The van der Waals surface area contributed by atoms with Crippen molar-refractivity contribution in [2.24, 2.45) is 0 Å². The van der Waals surface area contributed by atoms with Crippen LogP contribution in [0.5, 0.6) is 11.5 Å². The lowest BCUT2D eigenvalue weighted by Crippen LogP contribution is -2.51. The Morgan fingerprint density at radius 1 is 0.975 bits per heavy atom. The molecule has 0 aliphatic heterocycles. The number of methoxy groups -OCH3 is 2. The summed E-state index contributed by atoms with van der Waals surface area (Å²) < 4.78 is 39.2. The van der Waals surface area contributed by atoms with Crippen LogP contribution >= 0.6 is 11.6 Å². The molecule has 0 bridgehead atoms. The first-order chi connectivity index (χ1) is 19.1. The van der Waals surface area contributed by atoms with E-state index in [2.05, 4.69) is 5.32 Å². The fourth-order valence-electron chi connectivity index (χ4n) is 4.00. The topological polar surface area (TPSA) is 105 Å². The number of halogens is 1. The number of carbonyl (C=O) groups is 2. The molecule has 9 nitrogen and oxygen atoms in total. The molecule has 0 unspecified atom stereocenters. The molecular formula is C29H34ClN3O6S. The van der Waals surface area contributed by atoms with Crippen LogP contribution in [-0.2, 0) is 26.2 Å². The van der Waals surface area contributed by atoms with Gasteiger partial charge in [-0.1, -0.05) is 48.9 Å². The summed E-state index contributed by atoms with van der Waals surface area (Å²) in [4.78, 5) is 28.3. The molecule has 3 aromatic rings. The van der Waals surface area contributed by atoms with E-state index >= 15 is 0 Å². The molecule has 0 spiro atoms. The number of nitrogens with one attached hydrogen (secondary N) is 1. The highest BCUT2D eigenvalue weighted by atomic mass is 35.5. The van der Waals surface area contributed by atoms with Gasteiger partial charge in [0.15, 0.2) is 0 Å². The molecule has 0 saturated carbocycles. The van der Waals surface area contributed by atoms with E-state index in [0.29, 0.717) is 23.6 Å². The Kier molecular flexibility index (Phi) is 10.8. The van der Waals surface area contributed by atoms with Crippen molar-refractivity contribution >= 4 is 39.1 Å². The molecule has 214 valence electrons. The van der Waals surface area contributed by atoms with E-state index < -0.39 is 28.5 Å². The number of rotatable bonds is 13. The van der Waals surface area contributed by atoms with Crippen LogP contribution < -0.4 is 19.1 Å². The van der Waals surface area contributed by atoms with E-state index in [1.807, 2.05) is 6.92 Å². The van der Waals surface area contributed by atoms with Gasteiger partial charge in [-0.3, -0.25) is 13.9 Å². The first kappa shape index (κ1) is 30.8. The van der Waals surface area contributed by atoms with Gasteiger partial charge in [0.2, 0.25) is 11.8 Å². The number of hydrogen-bond acceptors (Lipinski definition) is 6. The summed E-state index contributed by atoms with van der Waals surface area (Å²) in [6.45, 7) is 3.47. The van der Waals surface area contributed by atoms with Gasteiger partial charge in [-0.25, -0.2) is 8.42 Å². The number of carbonyl (C=O) groups excluding carboxylic acids is 2. The van der Waals surface area contributed by atoms with Crippen LogP contribution in [0.4, 0.5) is 5.69 Å². The maximum atomic E-state index is 13.9. The van der Waals surface area contributed by atoms with Crippen LogP contribution in [0.15, 0.2) is 77.7 Å². The van der Waals surface area contributed by atoms with Gasteiger partial charge in [-0.2, -0.15) is 0 Å². The molecule has 1 atom stereocenters. The van der Waals surface area contributed by atoms with Crippen molar-refractivity contribution in [1.82, 2.24) is 10.2 Å². The van der Waals surface area contributed by atoms with Crippen LogP contribution in [0.2, 0.25) is 5.02 Å². The van der Waals surface area contributed by atoms with Gasteiger partial charge >= 0.3 is 0 Å². The second kappa shape index (κ2) is 14.0. The molecule has 0 radical (unpaired) electrons. The van der Waals surface area contributed by atoms with Crippen molar-refractivity contribution in [3.63, 3.8) is 0 Å². The van der Waals surface area contributed by atoms with Crippen LogP contribution in [0.3, 0.4) is 0 Å². The number of benzene rings is 3.